The van der Waals surface area contributed by atoms with Crippen LogP contribution in [0.4, 0.5) is 0 Å². The van der Waals surface area contributed by atoms with Crippen molar-refractivity contribution in [2.75, 3.05) is 40.5 Å². The van der Waals surface area contributed by atoms with Crippen molar-refractivity contribution in [2.24, 2.45) is 0 Å². The Balaban J connectivity index is 2.05. The molecule has 1 fully saturated rings. The number of likely N-dealkylation sites (N-methyl/N-ethyl adjacent to an activating group) is 1. The molecule has 3 nitrogen and oxygen atoms in total. The molecule has 102 valence electrons. The number of ether oxygens (including phenoxy) is 2. The van der Waals surface area contributed by atoms with Gasteiger partial charge < -0.3 is 9.47 Å². The third kappa shape index (κ3) is 6.05. The minimum Gasteiger partial charge on any atom is -0.385 e. The highest BCUT2D eigenvalue weighted by atomic mass is 35.5. The maximum Gasteiger partial charge on any atom is 0.0593 e. The summed E-state index contributed by atoms with van der Waals surface area (Å²) in [5.41, 5.74) is 0. The van der Waals surface area contributed by atoms with Gasteiger partial charge >= 0.3 is 0 Å². The first-order valence-corrected chi connectivity index (χ1v) is 7.10. The average Bonchev–Trinajstić information content (AvgIpc) is 2.34. The van der Waals surface area contributed by atoms with Crippen molar-refractivity contribution in [3.05, 3.63) is 0 Å². The first-order chi connectivity index (χ1) is 8.25. The molecule has 0 heterocycles. The summed E-state index contributed by atoms with van der Waals surface area (Å²) in [4.78, 5) is 2.35. The van der Waals surface area contributed by atoms with Gasteiger partial charge in [0.05, 0.1) is 6.61 Å². The fourth-order valence-corrected chi connectivity index (χ4v) is 2.82. The first kappa shape index (κ1) is 15.2. The zero-order valence-electron chi connectivity index (χ0n) is 11.2. The number of hydrogen-bond donors (Lipinski definition) is 0. The SMILES string of the molecule is COCCCOCCN(C)C1CCCCC1Cl. The van der Waals surface area contributed by atoms with E-state index in [4.69, 9.17) is 21.1 Å². The molecule has 0 bridgehead atoms. The second kappa shape index (κ2) is 9.15. The summed E-state index contributed by atoms with van der Waals surface area (Å²) in [6, 6.07) is 0.535. The lowest BCUT2D eigenvalue weighted by Gasteiger charge is -2.34. The molecule has 0 saturated heterocycles. The van der Waals surface area contributed by atoms with Gasteiger partial charge in [-0.25, -0.2) is 0 Å². The van der Waals surface area contributed by atoms with Gasteiger partial charge in [-0.15, -0.1) is 11.6 Å². The second-order valence-electron chi connectivity index (χ2n) is 4.81. The minimum atomic E-state index is 0.322. The Morgan fingerprint density at radius 1 is 1.18 bits per heavy atom. The van der Waals surface area contributed by atoms with Crippen molar-refractivity contribution < 1.29 is 9.47 Å². The molecule has 17 heavy (non-hydrogen) atoms. The minimum absolute atomic E-state index is 0.322. The van der Waals surface area contributed by atoms with Crippen LogP contribution in [0.3, 0.4) is 0 Å². The summed E-state index contributed by atoms with van der Waals surface area (Å²) in [5, 5.41) is 0.322. The molecule has 0 aromatic carbocycles. The van der Waals surface area contributed by atoms with Gasteiger partial charge in [0.25, 0.3) is 0 Å². The number of alkyl halides is 1. The van der Waals surface area contributed by atoms with E-state index in [2.05, 4.69) is 11.9 Å². The number of rotatable bonds is 8. The van der Waals surface area contributed by atoms with Gasteiger partial charge in [0.2, 0.25) is 0 Å². The molecule has 0 spiro atoms. The molecule has 1 aliphatic rings. The molecular formula is C13H26ClNO2. The largest absolute Gasteiger partial charge is 0.385 e. The summed E-state index contributed by atoms with van der Waals surface area (Å²) < 4.78 is 10.5. The highest BCUT2D eigenvalue weighted by molar-refractivity contribution is 6.21. The van der Waals surface area contributed by atoms with Crippen LogP contribution in [0.25, 0.3) is 0 Å². The maximum atomic E-state index is 6.36. The van der Waals surface area contributed by atoms with Gasteiger partial charge in [-0.3, -0.25) is 4.90 Å². The number of halogens is 1. The summed E-state index contributed by atoms with van der Waals surface area (Å²) in [6.07, 6.45) is 5.96. The standard InChI is InChI=1S/C13H26ClNO2/c1-15(8-11-17-10-5-9-16-2)13-7-4-3-6-12(13)14/h12-13H,3-11H2,1-2H3. The van der Waals surface area contributed by atoms with Crippen molar-refractivity contribution in [2.45, 2.75) is 43.5 Å². The van der Waals surface area contributed by atoms with E-state index in [0.29, 0.717) is 11.4 Å². The summed E-state index contributed by atoms with van der Waals surface area (Å²) in [7, 11) is 3.88. The Hall–Kier alpha value is 0.170. The molecule has 0 aromatic rings. The monoisotopic (exact) mass is 263 g/mol. The average molecular weight is 264 g/mol. The second-order valence-corrected chi connectivity index (χ2v) is 5.37. The number of methoxy groups -OCH3 is 1. The van der Waals surface area contributed by atoms with E-state index < -0.39 is 0 Å². The predicted octanol–water partition coefficient (Wildman–Crippen LogP) is 2.52. The van der Waals surface area contributed by atoms with Crippen LogP contribution < -0.4 is 0 Å². The molecule has 0 aliphatic heterocycles. The fourth-order valence-electron chi connectivity index (χ4n) is 2.34. The highest BCUT2D eigenvalue weighted by Gasteiger charge is 2.26. The first-order valence-electron chi connectivity index (χ1n) is 6.66. The van der Waals surface area contributed by atoms with Crippen LogP contribution in [-0.4, -0.2) is 56.8 Å². The molecule has 2 atom stereocenters. The van der Waals surface area contributed by atoms with Gasteiger partial charge in [0.1, 0.15) is 0 Å². The van der Waals surface area contributed by atoms with E-state index in [9.17, 15) is 0 Å². The van der Waals surface area contributed by atoms with Gasteiger partial charge in [-0.05, 0) is 26.3 Å². The van der Waals surface area contributed by atoms with Gasteiger partial charge in [0, 0.05) is 38.3 Å². The Bertz CT molecular complexity index is 192. The Morgan fingerprint density at radius 2 is 1.94 bits per heavy atom. The van der Waals surface area contributed by atoms with Crippen molar-refractivity contribution in [3.8, 4) is 0 Å². The molecule has 1 saturated carbocycles. The predicted molar refractivity (Wildman–Crippen MR) is 71.8 cm³/mol. The van der Waals surface area contributed by atoms with Crippen molar-refractivity contribution >= 4 is 11.6 Å². The molecule has 2 unspecified atom stereocenters. The molecule has 0 N–H and O–H groups in total. The molecule has 1 rings (SSSR count). The van der Waals surface area contributed by atoms with Crippen LogP contribution in [-0.2, 0) is 9.47 Å². The summed E-state index contributed by atoms with van der Waals surface area (Å²) >= 11 is 6.36. The van der Waals surface area contributed by atoms with Gasteiger partial charge in [0.15, 0.2) is 0 Å². The molecule has 1 aliphatic carbocycles. The van der Waals surface area contributed by atoms with E-state index in [1.54, 1.807) is 7.11 Å². The summed E-state index contributed by atoms with van der Waals surface area (Å²) in [6.45, 7) is 3.33. The highest BCUT2D eigenvalue weighted by Crippen LogP contribution is 2.26. The third-order valence-electron chi connectivity index (χ3n) is 3.44. The third-order valence-corrected chi connectivity index (χ3v) is 3.95. The topological polar surface area (TPSA) is 21.7 Å². The van der Waals surface area contributed by atoms with Crippen LogP contribution >= 0.6 is 11.6 Å². The van der Waals surface area contributed by atoms with Crippen LogP contribution in [0.1, 0.15) is 32.1 Å². The molecule has 0 amide bonds. The van der Waals surface area contributed by atoms with Gasteiger partial charge in [-0.2, -0.15) is 0 Å². The van der Waals surface area contributed by atoms with E-state index in [-0.39, 0.29) is 0 Å². The van der Waals surface area contributed by atoms with Crippen LogP contribution in [0, 0.1) is 0 Å². The quantitative estimate of drug-likeness (QED) is 0.496. The lowest BCUT2D eigenvalue weighted by atomic mass is 9.94. The van der Waals surface area contributed by atoms with Gasteiger partial charge in [-0.1, -0.05) is 12.8 Å². The number of nitrogens with zero attached hydrogens (tertiary/aromatic N) is 1. The molecular weight excluding hydrogens is 238 g/mol. The summed E-state index contributed by atoms with van der Waals surface area (Å²) in [5.74, 6) is 0. The Morgan fingerprint density at radius 3 is 2.65 bits per heavy atom. The van der Waals surface area contributed by atoms with E-state index >= 15 is 0 Å². The van der Waals surface area contributed by atoms with Crippen molar-refractivity contribution in [1.29, 1.82) is 0 Å². The van der Waals surface area contributed by atoms with Crippen LogP contribution in [0.5, 0.6) is 0 Å². The van der Waals surface area contributed by atoms with Crippen molar-refractivity contribution in [3.63, 3.8) is 0 Å². The van der Waals surface area contributed by atoms with E-state index in [1.165, 1.54) is 19.3 Å². The fraction of sp³-hybridized carbons (Fsp3) is 1.00. The maximum absolute atomic E-state index is 6.36. The van der Waals surface area contributed by atoms with E-state index in [1.807, 2.05) is 0 Å². The normalized spacial score (nSPS) is 25.4. The molecule has 0 aromatic heterocycles. The smallest absolute Gasteiger partial charge is 0.0593 e. The van der Waals surface area contributed by atoms with Crippen molar-refractivity contribution in [1.82, 2.24) is 4.90 Å². The number of hydrogen-bond acceptors (Lipinski definition) is 3. The van der Waals surface area contributed by atoms with E-state index in [0.717, 1.165) is 39.2 Å². The Labute approximate surface area is 110 Å². The lowest BCUT2D eigenvalue weighted by Crippen LogP contribution is -2.42. The van der Waals surface area contributed by atoms with Crippen LogP contribution in [0.15, 0.2) is 0 Å². The molecule has 0 radical (unpaired) electrons. The molecule has 4 heteroatoms. The van der Waals surface area contributed by atoms with Crippen LogP contribution in [0.2, 0.25) is 0 Å². The Kier molecular flexibility index (Phi) is 8.19. The zero-order valence-corrected chi connectivity index (χ0v) is 11.9. The zero-order chi connectivity index (χ0) is 12.5. The lowest BCUT2D eigenvalue weighted by molar-refractivity contribution is 0.0754.